The lowest BCUT2D eigenvalue weighted by Gasteiger charge is -2.31. The molecule has 1 aromatic heterocycles. The van der Waals surface area contributed by atoms with Crippen molar-refractivity contribution in [3.05, 3.63) is 34.0 Å². The number of methoxy groups -OCH3 is 3. The molecule has 1 aliphatic heterocycles. The molecule has 0 unspecified atom stereocenters. The van der Waals surface area contributed by atoms with Gasteiger partial charge in [0.2, 0.25) is 11.7 Å². The Balaban J connectivity index is 1.49. The highest BCUT2D eigenvalue weighted by molar-refractivity contribution is 7.13. The molecule has 1 aromatic carbocycles. The van der Waals surface area contributed by atoms with Crippen LogP contribution in [0.5, 0.6) is 17.2 Å². The molecule has 9 heteroatoms. The number of rotatable bonds is 8. The number of amides is 2. The van der Waals surface area contributed by atoms with Crippen molar-refractivity contribution >= 4 is 28.8 Å². The van der Waals surface area contributed by atoms with Crippen LogP contribution in [0.1, 0.15) is 27.4 Å². The largest absolute Gasteiger partial charge is 0.493 e. The number of likely N-dealkylation sites (tertiary alicyclic amines) is 1. The van der Waals surface area contributed by atoms with E-state index in [1.165, 1.54) is 32.7 Å². The van der Waals surface area contributed by atoms with Gasteiger partial charge in [-0.25, -0.2) is 0 Å². The zero-order chi connectivity index (χ0) is 22.4. The maximum absolute atomic E-state index is 12.5. The van der Waals surface area contributed by atoms with E-state index in [1.807, 2.05) is 19.1 Å². The molecule has 1 fully saturated rings. The van der Waals surface area contributed by atoms with E-state index in [2.05, 4.69) is 15.5 Å². The molecule has 1 saturated heterocycles. The second-order valence-electron chi connectivity index (χ2n) is 7.40. The van der Waals surface area contributed by atoms with Gasteiger partial charge in [-0.2, -0.15) is 0 Å². The Kier molecular flexibility index (Phi) is 7.75. The van der Waals surface area contributed by atoms with Gasteiger partial charge in [-0.3, -0.25) is 14.5 Å². The fourth-order valence-electron chi connectivity index (χ4n) is 3.61. The molecule has 2 aromatic rings. The second kappa shape index (κ2) is 10.5. The zero-order valence-corrected chi connectivity index (χ0v) is 19.1. The molecule has 2 heterocycles. The molecule has 31 heavy (non-hydrogen) atoms. The van der Waals surface area contributed by atoms with Crippen LogP contribution in [0, 0.1) is 6.92 Å². The Labute approximate surface area is 186 Å². The van der Waals surface area contributed by atoms with E-state index < -0.39 is 0 Å². The molecule has 0 radical (unpaired) electrons. The van der Waals surface area contributed by atoms with Gasteiger partial charge in [0.15, 0.2) is 11.5 Å². The van der Waals surface area contributed by atoms with Crippen molar-refractivity contribution < 1.29 is 23.8 Å². The monoisotopic (exact) mass is 447 g/mol. The van der Waals surface area contributed by atoms with E-state index in [0.717, 1.165) is 35.7 Å². The number of nitrogens with one attached hydrogen (secondary N) is 2. The average Bonchev–Trinajstić information content (AvgIpc) is 3.20. The Hall–Kier alpha value is -2.78. The molecule has 2 amide bonds. The first kappa shape index (κ1) is 22.9. The fraction of sp³-hybridized carbons (Fsp3) is 0.455. The van der Waals surface area contributed by atoms with Crippen molar-refractivity contribution in [3.8, 4) is 17.2 Å². The standard InChI is InChI=1S/C22H29N3O5S/c1-14-5-6-19(31-14)22(27)24-15-7-9-25(10-8-15)13-20(26)23-16-11-17(28-2)21(30-4)18(12-16)29-3/h5-6,11-12,15H,7-10,13H2,1-4H3,(H,23,26)(H,24,27). The molecule has 0 atom stereocenters. The van der Waals surface area contributed by atoms with E-state index >= 15 is 0 Å². The Morgan fingerprint density at radius 2 is 1.71 bits per heavy atom. The summed E-state index contributed by atoms with van der Waals surface area (Å²) in [5, 5.41) is 6.00. The third-order valence-corrected chi connectivity index (χ3v) is 6.20. The minimum Gasteiger partial charge on any atom is -0.493 e. The molecule has 8 nitrogen and oxygen atoms in total. The van der Waals surface area contributed by atoms with Gasteiger partial charge in [0, 0.05) is 41.8 Å². The number of piperidine rings is 1. The van der Waals surface area contributed by atoms with Crippen LogP contribution in [0.3, 0.4) is 0 Å². The van der Waals surface area contributed by atoms with Crippen LogP contribution in [0.25, 0.3) is 0 Å². The Bertz CT molecular complexity index is 897. The number of hydrogen-bond acceptors (Lipinski definition) is 7. The van der Waals surface area contributed by atoms with Gasteiger partial charge >= 0.3 is 0 Å². The topological polar surface area (TPSA) is 89.1 Å². The van der Waals surface area contributed by atoms with E-state index in [4.69, 9.17) is 14.2 Å². The number of hydrogen-bond donors (Lipinski definition) is 2. The number of nitrogens with zero attached hydrogens (tertiary/aromatic N) is 1. The van der Waals surface area contributed by atoms with Crippen LogP contribution < -0.4 is 24.8 Å². The molecule has 3 rings (SSSR count). The number of anilines is 1. The number of ether oxygens (including phenoxy) is 3. The van der Waals surface area contributed by atoms with Gasteiger partial charge in [0.25, 0.3) is 5.91 Å². The molecular weight excluding hydrogens is 418 g/mol. The smallest absolute Gasteiger partial charge is 0.261 e. The van der Waals surface area contributed by atoms with E-state index in [-0.39, 0.29) is 24.4 Å². The second-order valence-corrected chi connectivity index (χ2v) is 8.68. The predicted molar refractivity (Wildman–Crippen MR) is 121 cm³/mol. The van der Waals surface area contributed by atoms with Crippen LogP contribution in [0.4, 0.5) is 5.69 Å². The number of aryl methyl sites for hydroxylation is 1. The zero-order valence-electron chi connectivity index (χ0n) is 18.3. The summed E-state index contributed by atoms with van der Waals surface area (Å²) in [6, 6.07) is 7.34. The molecular formula is C22H29N3O5S. The molecule has 0 spiro atoms. The fourth-order valence-corrected chi connectivity index (χ4v) is 4.38. The maximum Gasteiger partial charge on any atom is 0.261 e. The molecule has 0 bridgehead atoms. The number of thiophene rings is 1. The van der Waals surface area contributed by atoms with Gasteiger partial charge in [-0.1, -0.05) is 0 Å². The van der Waals surface area contributed by atoms with Crippen molar-refractivity contribution in [1.82, 2.24) is 10.2 Å². The third-order valence-electron chi connectivity index (χ3n) is 5.20. The normalized spacial score (nSPS) is 14.7. The van der Waals surface area contributed by atoms with E-state index in [9.17, 15) is 9.59 Å². The van der Waals surface area contributed by atoms with Crippen molar-refractivity contribution in [2.24, 2.45) is 0 Å². The molecule has 2 N–H and O–H groups in total. The van der Waals surface area contributed by atoms with Gasteiger partial charge < -0.3 is 24.8 Å². The minimum atomic E-state index is -0.120. The highest BCUT2D eigenvalue weighted by atomic mass is 32.1. The summed E-state index contributed by atoms with van der Waals surface area (Å²) in [5.41, 5.74) is 0.577. The van der Waals surface area contributed by atoms with Gasteiger partial charge in [0.1, 0.15) is 0 Å². The number of benzene rings is 1. The maximum atomic E-state index is 12.5. The molecule has 1 aliphatic rings. The summed E-state index contributed by atoms with van der Waals surface area (Å²) in [7, 11) is 4.60. The van der Waals surface area contributed by atoms with Crippen molar-refractivity contribution in [2.45, 2.75) is 25.8 Å². The van der Waals surface area contributed by atoms with E-state index in [0.29, 0.717) is 22.9 Å². The summed E-state index contributed by atoms with van der Waals surface area (Å²) >= 11 is 1.50. The molecule has 168 valence electrons. The average molecular weight is 448 g/mol. The lowest BCUT2D eigenvalue weighted by Crippen LogP contribution is -2.46. The van der Waals surface area contributed by atoms with Gasteiger partial charge in [0.05, 0.1) is 32.8 Å². The number of carbonyl (C=O) groups excluding carboxylic acids is 2. The summed E-state index contributed by atoms with van der Waals surface area (Å²) in [6.45, 7) is 3.76. The van der Waals surface area contributed by atoms with Crippen LogP contribution in [0.15, 0.2) is 24.3 Å². The number of carbonyl (C=O) groups is 2. The van der Waals surface area contributed by atoms with Crippen LogP contribution in [0.2, 0.25) is 0 Å². The summed E-state index contributed by atoms with van der Waals surface area (Å²) in [4.78, 5) is 28.8. The van der Waals surface area contributed by atoms with Gasteiger partial charge in [-0.05, 0) is 31.9 Å². The first-order valence-electron chi connectivity index (χ1n) is 10.1. The predicted octanol–water partition coefficient (Wildman–Crippen LogP) is 2.92. The molecule has 0 aliphatic carbocycles. The quantitative estimate of drug-likeness (QED) is 0.647. The van der Waals surface area contributed by atoms with Crippen molar-refractivity contribution in [3.63, 3.8) is 0 Å². The van der Waals surface area contributed by atoms with Crippen LogP contribution >= 0.6 is 11.3 Å². The summed E-state index contributed by atoms with van der Waals surface area (Å²) in [5.74, 6) is 1.30. The lowest BCUT2D eigenvalue weighted by atomic mass is 10.0. The van der Waals surface area contributed by atoms with Crippen LogP contribution in [-0.2, 0) is 4.79 Å². The van der Waals surface area contributed by atoms with Crippen molar-refractivity contribution in [1.29, 1.82) is 0 Å². The first-order valence-corrected chi connectivity index (χ1v) is 10.9. The summed E-state index contributed by atoms with van der Waals surface area (Å²) < 4.78 is 16.0. The Morgan fingerprint density at radius 3 is 2.23 bits per heavy atom. The van der Waals surface area contributed by atoms with Crippen LogP contribution in [-0.4, -0.2) is 63.7 Å². The summed E-state index contributed by atoms with van der Waals surface area (Å²) in [6.07, 6.45) is 1.63. The van der Waals surface area contributed by atoms with Gasteiger partial charge in [-0.15, -0.1) is 11.3 Å². The molecule has 0 saturated carbocycles. The Morgan fingerprint density at radius 1 is 1.06 bits per heavy atom. The third kappa shape index (κ3) is 5.89. The lowest BCUT2D eigenvalue weighted by molar-refractivity contribution is -0.117. The van der Waals surface area contributed by atoms with E-state index in [1.54, 1.807) is 12.1 Å². The minimum absolute atomic E-state index is 0.0170. The SMILES string of the molecule is COc1cc(NC(=O)CN2CCC(NC(=O)c3ccc(C)s3)CC2)cc(OC)c1OC. The first-order chi connectivity index (χ1) is 14.9. The van der Waals surface area contributed by atoms with Crippen molar-refractivity contribution in [2.75, 3.05) is 46.3 Å². The highest BCUT2D eigenvalue weighted by Crippen LogP contribution is 2.39. The highest BCUT2D eigenvalue weighted by Gasteiger charge is 2.23.